The van der Waals surface area contributed by atoms with Crippen LogP contribution in [0.3, 0.4) is 0 Å². The molecule has 0 amide bonds. The summed E-state index contributed by atoms with van der Waals surface area (Å²) in [7, 11) is 0. The van der Waals surface area contributed by atoms with E-state index in [0.29, 0.717) is 17.9 Å². The predicted molar refractivity (Wildman–Crippen MR) is 136 cm³/mol. The van der Waals surface area contributed by atoms with Gasteiger partial charge in [0.25, 0.3) is 0 Å². The van der Waals surface area contributed by atoms with E-state index in [2.05, 4.69) is 53.6 Å². The van der Waals surface area contributed by atoms with Crippen LogP contribution in [-0.2, 0) is 4.74 Å². The summed E-state index contributed by atoms with van der Waals surface area (Å²) in [5.41, 5.74) is 4.87. The largest absolute Gasteiger partial charge is 0.359 e. The molecule has 176 valence electrons. The summed E-state index contributed by atoms with van der Waals surface area (Å²) in [6.45, 7) is 2.58. The maximum atomic E-state index is 7.46. The van der Waals surface area contributed by atoms with Crippen molar-refractivity contribution in [2.24, 2.45) is 11.3 Å². The van der Waals surface area contributed by atoms with E-state index in [9.17, 15) is 0 Å². The van der Waals surface area contributed by atoms with E-state index in [4.69, 9.17) is 4.74 Å². The number of allylic oxidation sites excluding steroid dienone is 1. The SMILES string of the molecule is C[C@@]12CC=C3C=C4CCC(NC5CC5)C[C@]45CC[C@]3(O5)[C@@H]1CCC2c1ccc2ccncc2c1. The van der Waals surface area contributed by atoms with E-state index in [-0.39, 0.29) is 16.6 Å². The van der Waals surface area contributed by atoms with Crippen LogP contribution in [0.4, 0.5) is 0 Å². The molecule has 1 aromatic heterocycles. The van der Waals surface area contributed by atoms with Gasteiger partial charge >= 0.3 is 0 Å². The van der Waals surface area contributed by atoms with Crippen LogP contribution in [0.2, 0.25) is 0 Å². The van der Waals surface area contributed by atoms with Crippen molar-refractivity contribution in [3.05, 3.63) is 65.5 Å². The second-order valence-corrected chi connectivity index (χ2v) is 12.6. The molecular weight excluding hydrogens is 416 g/mol. The van der Waals surface area contributed by atoms with Crippen molar-refractivity contribution < 1.29 is 4.74 Å². The smallest absolute Gasteiger partial charge is 0.0974 e. The summed E-state index contributed by atoms with van der Waals surface area (Å²) < 4.78 is 7.46. The molecule has 2 spiro atoms. The lowest BCUT2D eigenvalue weighted by molar-refractivity contribution is -0.136. The summed E-state index contributed by atoms with van der Waals surface area (Å²) in [6.07, 6.45) is 21.7. The molecule has 6 aliphatic rings. The average molecular weight is 453 g/mol. The van der Waals surface area contributed by atoms with Crippen LogP contribution in [0.1, 0.15) is 82.6 Å². The zero-order valence-corrected chi connectivity index (χ0v) is 20.4. The summed E-state index contributed by atoms with van der Waals surface area (Å²) in [4.78, 5) is 4.39. The first-order valence-electron chi connectivity index (χ1n) is 13.8. The number of rotatable bonds is 3. The van der Waals surface area contributed by atoms with Gasteiger partial charge in [-0.25, -0.2) is 0 Å². The van der Waals surface area contributed by atoms with E-state index in [1.54, 1.807) is 5.57 Å². The van der Waals surface area contributed by atoms with Gasteiger partial charge in [0.2, 0.25) is 0 Å². The highest BCUT2D eigenvalue weighted by atomic mass is 16.5. The average Bonchev–Trinajstić information content (AvgIpc) is 3.52. The van der Waals surface area contributed by atoms with E-state index in [1.165, 1.54) is 86.1 Å². The third-order valence-corrected chi connectivity index (χ3v) is 10.8. The topological polar surface area (TPSA) is 34.1 Å². The molecule has 1 aromatic carbocycles. The molecule has 1 saturated heterocycles. The van der Waals surface area contributed by atoms with Crippen LogP contribution < -0.4 is 5.32 Å². The number of nitrogens with one attached hydrogen (secondary N) is 1. The first-order chi connectivity index (χ1) is 16.6. The van der Waals surface area contributed by atoms with Crippen molar-refractivity contribution in [1.82, 2.24) is 10.3 Å². The molecular formula is C31H36N2O. The second-order valence-electron chi connectivity index (χ2n) is 12.6. The summed E-state index contributed by atoms with van der Waals surface area (Å²) >= 11 is 0. The first-order valence-corrected chi connectivity index (χ1v) is 13.8. The zero-order chi connectivity index (χ0) is 22.5. The minimum absolute atomic E-state index is 0.00705. The van der Waals surface area contributed by atoms with E-state index < -0.39 is 0 Å². The molecule has 3 heteroatoms. The van der Waals surface area contributed by atoms with Crippen molar-refractivity contribution in [1.29, 1.82) is 0 Å². The number of nitrogens with zero attached hydrogens (tertiary/aromatic N) is 1. The molecule has 34 heavy (non-hydrogen) atoms. The maximum Gasteiger partial charge on any atom is 0.0974 e. The highest BCUT2D eigenvalue weighted by Gasteiger charge is 2.66. The predicted octanol–water partition coefficient (Wildman–Crippen LogP) is 6.60. The van der Waals surface area contributed by atoms with Crippen LogP contribution in [-0.4, -0.2) is 28.3 Å². The Hall–Kier alpha value is -1.97. The van der Waals surface area contributed by atoms with Gasteiger partial charge in [0.05, 0.1) is 11.2 Å². The van der Waals surface area contributed by atoms with Crippen molar-refractivity contribution in [3.8, 4) is 0 Å². The molecule has 3 heterocycles. The molecule has 6 atom stereocenters. The van der Waals surface area contributed by atoms with Gasteiger partial charge in [0.1, 0.15) is 0 Å². The lowest BCUT2D eigenvalue weighted by Gasteiger charge is -2.54. The number of hydrogen-bond donors (Lipinski definition) is 1. The molecule has 2 aliphatic heterocycles. The number of aromatic nitrogens is 1. The Morgan fingerprint density at radius 3 is 2.85 bits per heavy atom. The number of fused-ring (bicyclic) bond motifs is 2. The van der Waals surface area contributed by atoms with E-state index in [1.807, 2.05) is 12.4 Å². The summed E-state index contributed by atoms with van der Waals surface area (Å²) in [5, 5.41) is 6.51. The van der Waals surface area contributed by atoms with Crippen LogP contribution in [0.25, 0.3) is 10.8 Å². The Kier molecular flexibility index (Phi) is 4.06. The third kappa shape index (κ3) is 2.69. The molecule has 2 bridgehead atoms. The first kappa shape index (κ1) is 20.2. The fraction of sp³-hybridized carbons (Fsp3) is 0.581. The van der Waals surface area contributed by atoms with Gasteiger partial charge in [-0.2, -0.15) is 0 Å². The second kappa shape index (κ2) is 6.83. The minimum Gasteiger partial charge on any atom is -0.359 e. The highest BCUT2D eigenvalue weighted by molar-refractivity contribution is 5.82. The molecule has 2 unspecified atom stereocenters. The molecule has 4 fully saturated rings. The zero-order valence-electron chi connectivity index (χ0n) is 20.4. The van der Waals surface area contributed by atoms with Gasteiger partial charge in [-0.15, -0.1) is 0 Å². The standard InChI is InChI=1S/C31H36N2O/c1-29-12-10-24-17-23-4-5-26(33-25-6-7-25)18-30(23)13-14-31(24,34-30)28(29)9-8-27(29)21-3-2-20-11-15-32-19-22(20)16-21/h2-3,10-11,15-17,19,25-28,33H,4-9,12-14,18H2,1H3/t26?,27?,28-,29+,30-,31-/m1/s1. The summed E-state index contributed by atoms with van der Waals surface area (Å²) in [6, 6.07) is 10.7. The summed E-state index contributed by atoms with van der Waals surface area (Å²) in [5.74, 6) is 1.21. The van der Waals surface area contributed by atoms with Gasteiger partial charge in [0, 0.05) is 29.9 Å². The Morgan fingerprint density at radius 2 is 1.94 bits per heavy atom. The minimum atomic E-state index is -0.0505. The normalized spacial score (nSPS) is 42.6. The highest BCUT2D eigenvalue weighted by Crippen LogP contribution is 2.69. The van der Waals surface area contributed by atoms with Crippen molar-refractivity contribution in [2.45, 2.75) is 100 Å². The van der Waals surface area contributed by atoms with Gasteiger partial charge in [-0.1, -0.05) is 31.2 Å². The van der Waals surface area contributed by atoms with Gasteiger partial charge in [-0.3, -0.25) is 4.98 Å². The van der Waals surface area contributed by atoms with Gasteiger partial charge in [0.15, 0.2) is 0 Å². The Bertz CT molecular complexity index is 1240. The molecule has 3 nitrogen and oxygen atoms in total. The molecule has 1 N–H and O–H groups in total. The monoisotopic (exact) mass is 452 g/mol. The van der Waals surface area contributed by atoms with Crippen LogP contribution in [0, 0.1) is 11.3 Å². The third-order valence-electron chi connectivity index (χ3n) is 10.8. The van der Waals surface area contributed by atoms with Gasteiger partial charge in [-0.05, 0) is 116 Å². The Labute approximate surface area is 203 Å². The Morgan fingerprint density at radius 1 is 1.00 bits per heavy atom. The number of pyridine rings is 1. The Balaban J connectivity index is 1.15. The molecule has 3 saturated carbocycles. The van der Waals surface area contributed by atoms with Crippen molar-refractivity contribution in [2.75, 3.05) is 0 Å². The maximum absolute atomic E-state index is 7.46. The number of benzene rings is 1. The van der Waals surface area contributed by atoms with Crippen molar-refractivity contribution >= 4 is 10.8 Å². The van der Waals surface area contributed by atoms with Crippen molar-refractivity contribution in [3.63, 3.8) is 0 Å². The molecule has 0 radical (unpaired) electrons. The van der Waals surface area contributed by atoms with Crippen LogP contribution in [0.5, 0.6) is 0 Å². The fourth-order valence-electron chi connectivity index (χ4n) is 9.00. The fourth-order valence-corrected chi connectivity index (χ4v) is 9.00. The lowest BCUT2D eigenvalue weighted by Crippen LogP contribution is -2.55. The van der Waals surface area contributed by atoms with Crippen LogP contribution >= 0.6 is 0 Å². The molecule has 2 aromatic rings. The number of hydrogen-bond acceptors (Lipinski definition) is 3. The van der Waals surface area contributed by atoms with Crippen LogP contribution in [0.15, 0.2) is 60.0 Å². The molecule has 4 aliphatic carbocycles. The van der Waals surface area contributed by atoms with E-state index in [0.717, 1.165) is 6.04 Å². The number of ether oxygens (including phenoxy) is 1. The van der Waals surface area contributed by atoms with Gasteiger partial charge < -0.3 is 10.1 Å². The quantitative estimate of drug-likeness (QED) is 0.570. The lowest BCUT2D eigenvalue weighted by atomic mass is 9.58. The molecule has 8 rings (SSSR count). The van der Waals surface area contributed by atoms with E-state index >= 15 is 0 Å².